The first-order valence-electron chi connectivity index (χ1n) is 15.4. The molecule has 7 rings (SSSR count). The van der Waals surface area contributed by atoms with E-state index < -0.39 is 31.5 Å². The lowest BCUT2D eigenvalue weighted by Crippen LogP contribution is -2.58. The largest absolute Gasteiger partial charge is 0.371 e. The maximum Gasteiger partial charge on any atom is 0.363 e. The number of halogens is 1. The molecule has 4 aliphatic heterocycles. The van der Waals surface area contributed by atoms with Crippen LogP contribution in [0.2, 0.25) is 0 Å². The van der Waals surface area contributed by atoms with Crippen molar-refractivity contribution in [1.29, 1.82) is 0 Å². The SMILES string of the molecule is O=C(N[C@H]1CCC[C@H]2CC[C@@H](C(=O)N3CC(c4cnccc4N4CCC4)C3)N2C1=O)c1cc2cc([C@H](F)P(=O)(O)O)ccc2s1. The van der Waals surface area contributed by atoms with Gasteiger partial charge in [-0.05, 0) is 73.7 Å². The first-order valence-corrected chi connectivity index (χ1v) is 17.9. The van der Waals surface area contributed by atoms with Gasteiger partial charge in [-0.15, -0.1) is 11.3 Å². The molecule has 45 heavy (non-hydrogen) atoms. The number of carbonyl (C=O) groups is 3. The quantitative estimate of drug-likeness (QED) is 0.325. The molecule has 2 aromatic heterocycles. The molecule has 11 nitrogen and oxygen atoms in total. The zero-order valence-electron chi connectivity index (χ0n) is 24.5. The van der Waals surface area contributed by atoms with E-state index in [0.29, 0.717) is 40.9 Å². The third-order valence-corrected chi connectivity index (χ3v) is 11.7. The van der Waals surface area contributed by atoms with Crippen LogP contribution in [-0.2, 0) is 14.2 Å². The van der Waals surface area contributed by atoms with Crippen molar-refractivity contribution in [3.63, 3.8) is 0 Å². The summed E-state index contributed by atoms with van der Waals surface area (Å²) in [6.45, 7) is 3.26. The van der Waals surface area contributed by atoms with Crippen molar-refractivity contribution in [3.8, 4) is 0 Å². The van der Waals surface area contributed by atoms with E-state index in [9.17, 15) is 33.1 Å². The number of pyridine rings is 1. The van der Waals surface area contributed by atoms with Crippen LogP contribution in [0.15, 0.2) is 42.7 Å². The van der Waals surface area contributed by atoms with Gasteiger partial charge in [0.15, 0.2) is 0 Å². The number of carbonyl (C=O) groups excluding carboxylic acids is 3. The minimum Gasteiger partial charge on any atom is -0.371 e. The molecule has 0 aliphatic carbocycles. The van der Waals surface area contributed by atoms with Gasteiger partial charge in [-0.25, -0.2) is 4.39 Å². The second-order valence-corrected chi connectivity index (χ2v) is 15.2. The Hall–Kier alpha value is -3.38. The Balaban J connectivity index is 1.02. The molecule has 0 saturated carbocycles. The molecule has 3 amide bonds. The maximum atomic E-state index is 14.2. The van der Waals surface area contributed by atoms with Crippen LogP contribution in [0.1, 0.15) is 71.2 Å². The van der Waals surface area contributed by atoms with Crippen molar-refractivity contribution in [2.24, 2.45) is 0 Å². The first-order chi connectivity index (χ1) is 21.6. The highest BCUT2D eigenvalue weighted by atomic mass is 32.1. The highest BCUT2D eigenvalue weighted by Crippen LogP contribution is 2.53. The third kappa shape index (κ3) is 5.64. The van der Waals surface area contributed by atoms with Crippen LogP contribution < -0.4 is 10.2 Å². The Morgan fingerprint density at radius 3 is 2.60 bits per heavy atom. The Morgan fingerprint density at radius 2 is 1.87 bits per heavy atom. The van der Waals surface area contributed by atoms with E-state index in [1.54, 1.807) is 4.90 Å². The second-order valence-electron chi connectivity index (χ2n) is 12.5. The van der Waals surface area contributed by atoms with E-state index in [-0.39, 0.29) is 29.3 Å². The van der Waals surface area contributed by atoms with Gasteiger partial charge < -0.3 is 29.8 Å². The molecule has 238 valence electrons. The molecule has 3 aromatic rings. The molecule has 0 unspecified atom stereocenters. The molecule has 1 aromatic carbocycles. The van der Waals surface area contributed by atoms with Gasteiger partial charge in [0.25, 0.3) is 5.91 Å². The zero-order chi connectivity index (χ0) is 31.5. The molecule has 14 heteroatoms. The number of thiophene rings is 1. The van der Waals surface area contributed by atoms with Crippen molar-refractivity contribution in [1.82, 2.24) is 20.1 Å². The summed E-state index contributed by atoms with van der Waals surface area (Å²) in [5.74, 6) is -2.97. The molecule has 4 atom stereocenters. The molecule has 3 N–H and O–H groups in total. The number of aromatic nitrogens is 1. The van der Waals surface area contributed by atoms with Crippen molar-refractivity contribution >= 4 is 52.4 Å². The number of fused-ring (bicyclic) bond motifs is 2. The summed E-state index contributed by atoms with van der Waals surface area (Å²) in [6.07, 6.45) is 8.23. The molecule has 4 aliphatic rings. The number of amides is 3. The highest BCUT2D eigenvalue weighted by molar-refractivity contribution is 7.51. The monoisotopic (exact) mass is 655 g/mol. The van der Waals surface area contributed by atoms with E-state index >= 15 is 0 Å². The molecule has 4 saturated heterocycles. The summed E-state index contributed by atoms with van der Waals surface area (Å²) in [5, 5.41) is 3.36. The van der Waals surface area contributed by atoms with Gasteiger partial charge in [-0.2, -0.15) is 0 Å². The van der Waals surface area contributed by atoms with Crippen LogP contribution in [-0.4, -0.2) is 86.6 Å². The van der Waals surface area contributed by atoms with E-state index in [0.717, 1.165) is 43.7 Å². The molecular weight excluding hydrogens is 620 g/mol. The summed E-state index contributed by atoms with van der Waals surface area (Å²) < 4.78 is 26.3. The second kappa shape index (κ2) is 11.8. The van der Waals surface area contributed by atoms with Gasteiger partial charge in [-0.3, -0.25) is 23.9 Å². The fourth-order valence-electron chi connectivity index (χ4n) is 7.11. The van der Waals surface area contributed by atoms with E-state index in [4.69, 9.17) is 0 Å². The van der Waals surface area contributed by atoms with Crippen LogP contribution in [0, 0.1) is 0 Å². The number of benzene rings is 1. The lowest BCUT2D eigenvalue weighted by Gasteiger charge is -2.44. The Bertz CT molecular complexity index is 1700. The Morgan fingerprint density at radius 1 is 1.07 bits per heavy atom. The summed E-state index contributed by atoms with van der Waals surface area (Å²) in [6, 6.07) is 6.37. The van der Waals surface area contributed by atoms with Gasteiger partial charge in [0.1, 0.15) is 12.1 Å². The van der Waals surface area contributed by atoms with Crippen molar-refractivity contribution in [3.05, 3.63) is 58.7 Å². The number of rotatable bonds is 7. The lowest BCUT2D eigenvalue weighted by atomic mass is 9.89. The normalized spacial score (nSPS) is 24.6. The average molecular weight is 656 g/mol. The van der Waals surface area contributed by atoms with Crippen LogP contribution in [0.5, 0.6) is 0 Å². The molecule has 0 radical (unpaired) electrons. The van der Waals surface area contributed by atoms with Crippen LogP contribution in [0.4, 0.5) is 10.1 Å². The van der Waals surface area contributed by atoms with E-state index in [2.05, 4.69) is 15.2 Å². The molecular formula is C31H35FN5O6PS. The number of likely N-dealkylation sites (tertiary alicyclic amines) is 1. The summed E-state index contributed by atoms with van der Waals surface area (Å²) in [5.41, 5.74) is 2.20. The minimum atomic E-state index is -4.97. The maximum absolute atomic E-state index is 14.2. The number of hydrogen-bond acceptors (Lipinski definition) is 7. The predicted octanol–water partition coefficient (Wildman–Crippen LogP) is 3.92. The fourth-order valence-corrected chi connectivity index (χ4v) is 8.60. The summed E-state index contributed by atoms with van der Waals surface area (Å²) in [4.78, 5) is 69.9. The minimum absolute atomic E-state index is 0.0350. The first kappa shape index (κ1) is 30.3. The summed E-state index contributed by atoms with van der Waals surface area (Å²) in [7, 11) is -4.97. The standard InChI is InChI=1S/C31H35FN5O6PS/c32-28(44(41,42)43)18-5-8-26-19(13-18)14-27(45-26)29(38)34-23-4-1-3-21-6-7-25(37(21)30(23)39)31(40)36-16-20(17-36)22-15-33-10-9-24(22)35-11-2-12-35/h5,8-10,13-15,20-21,23,25,28H,1-4,6-7,11-12,16-17H2,(H,34,38)(H2,41,42,43)/t21-,23-,25-,28+/m0/s1. The van der Waals surface area contributed by atoms with E-state index in [1.807, 2.05) is 23.4 Å². The molecule has 0 spiro atoms. The van der Waals surface area contributed by atoms with Crippen LogP contribution in [0.3, 0.4) is 0 Å². The number of nitrogens with one attached hydrogen (secondary N) is 1. The van der Waals surface area contributed by atoms with Gasteiger partial charge in [0.2, 0.25) is 17.7 Å². The van der Waals surface area contributed by atoms with Crippen molar-refractivity contribution in [2.45, 2.75) is 68.5 Å². The topological polar surface area (TPSA) is 143 Å². The van der Waals surface area contributed by atoms with E-state index in [1.165, 1.54) is 41.9 Å². The highest BCUT2D eigenvalue weighted by Gasteiger charge is 2.48. The zero-order valence-corrected chi connectivity index (χ0v) is 26.3. The predicted molar refractivity (Wildman–Crippen MR) is 167 cm³/mol. The molecule has 0 bridgehead atoms. The third-order valence-electron chi connectivity index (χ3n) is 9.67. The fraction of sp³-hybridized carbons (Fsp3) is 0.484. The Labute approximate surface area is 263 Å². The number of anilines is 1. The lowest BCUT2D eigenvalue weighted by molar-refractivity contribution is -0.148. The molecule has 4 fully saturated rings. The number of hydrogen-bond donors (Lipinski definition) is 3. The Kier molecular flexibility index (Phi) is 7.92. The average Bonchev–Trinajstić information content (AvgIpc) is 3.55. The van der Waals surface area contributed by atoms with Gasteiger partial charge in [0, 0.05) is 66.5 Å². The summed E-state index contributed by atoms with van der Waals surface area (Å²) >= 11 is 1.15. The van der Waals surface area contributed by atoms with Crippen LogP contribution in [0.25, 0.3) is 10.1 Å². The van der Waals surface area contributed by atoms with Gasteiger partial charge in [0.05, 0.1) is 4.88 Å². The van der Waals surface area contributed by atoms with Crippen molar-refractivity contribution in [2.75, 3.05) is 31.1 Å². The van der Waals surface area contributed by atoms with Crippen LogP contribution >= 0.6 is 18.9 Å². The van der Waals surface area contributed by atoms with Crippen molar-refractivity contribution < 1.29 is 33.1 Å². The number of alkyl halides is 1. The van der Waals surface area contributed by atoms with Gasteiger partial charge in [-0.1, -0.05) is 6.07 Å². The number of nitrogens with zero attached hydrogens (tertiary/aromatic N) is 4. The van der Waals surface area contributed by atoms with Gasteiger partial charge >= 0.3 is 7.60 Å². The molecule has 6 heterocycles. The smallest absolute Gasteiger partial charge is 0.363 e.